The van der Waals surface area contributed by atoms with Gasteiger partial charge in [-0.1, -0.05) is 30.3 Å². The lowest BCUT2D eigenvalue weighted by Crippen LogP contribution is -2.39. The Labute approximate surface area is 99.9 Å². The van der Waals surface area contributed by atoms with Gasteiger partial charge >= 0.3 is 5.97 Å². The van der Waals surface area contributed by atoms with E-state index in [9.17, 15) is 4.79 Å². The van der Waals surface area contributed by atoms with Crippen LogP contribution in [0.4, 0.5) is 0 Å². The Morgan fingerprint density at radius 1 is 1.44 bits per heavy atom. The largest absolute Gasteiger partial charge is 0.480 e. The molecule has 0 radical (unpaired) electrons. The summed E-state index contributed by atoms with van der Waals surface area (Å²) in [5, 5.41) is 12.0. The molecule has 0 unspecified atom stereocenters. The van der Waals surface area contributed by atoms with Gasteiger partial charge < -0.3 is 15.3 Å². The quantitative estimate of drug-likeness (QED) is 0.769. The Hall–Kier alpha value is -1.62. The zero-order valence-electron chi connectivity index (χ0n) is 9.01. The molecule has 1 aromatic rings. The second-order valence-corrected chi connectivity index (χ2v) is 3.78. The molecule has 0 fully saturated rings. The van der Waals surface area contributed by atoms with E-state index in [1.807, 2.05) is 30.3 Å². The molecule has 0 bridgehead atoms. The summed E-state index contributed by atoms with van der Waals surface area (Å²) >= 11 is 5.05. The van der Waals surface area contributed by atoms with Crippen LogP contribution < -0.4 is 5.32 Å². The predicted octanol–water partition coefficient (Wildman–Crippen LogP) is 1.08. The van der Waals surface area contributed by atoms with E-state index in [4.69, 9.17) is 17.3 Å². The molecule has 0 aliphatic carbocycles. The maximum Gasteiger partial charge on any atom is 0.323 e. The first-order valence-electron chi connectivity index (χ1n) is 4.84. The number of hydrogen-bond donors (Lipinski definition) is 2. The number of carbonyl (C=O) groups is 1. The number of carboxylic acids is 1. The van der Waals surface area contributed by atoms with E-state index in [1.165, 1.54) is 4.90 Å². The van der Waals surface area contributed by atoms with Gasteiger partial charge in [0, 0.05) is 13.6 Å². The normalized spacial score (nSPS) is 9.56. The third kappa shape index (κ3) is 4.27. The van der Waals surface area contributed by atoms with Crippen LogP contribution in [0, 0.1) is 0 Å². The second-order valence-electron chi connectivity index (χ2n) is 3.39. The number of benzene rings is 1. The van der Waals surface area contributed by atoms with Crippen LogP contribution in [0.3, 0.4) is 0 Å². The standard InChI is InChI=1S/C11H14N2O2S/c1-13(8-10(14)15)11(16)12-7-9-5-3-2-4-6-9/h2-6H,7-8H2,1H3,(H,12,16)(H,14,15). The van der Waals surface area contributed by atoms with Gasteiger partial charge in [-0.3, -0.25) is 4.79 Å². The van der Waals surface area contributed by atoms with E-state index < -0.39 is 5.97 Å². The van der Waals surface area contributed by atoms with E-state index in [1.54, 1.807) is 7.05 Å². The molecule has 0 aromatic heterocycles. The average molecular weight is 238 g/mol. The fraction of sp³-hybridized carbons (Fsp3) is 0.273. The lowest BCUT2D eigenvalue weighted by Gasteiger charge is -2.18. The number of carboxylic acid groups (broad SMARTS) is 1. The van der Waals surface area contributed by atoms with Crippen LogP contribution in [-0.2, 0) is 11.3 Å². The minimum atomic E-state index is -0.897. The molecule has 0 saturated heterocycles. The van der Waals surface area contributed by atoms with Crippen molar-refractivity contribution < 1.29 is 9.90 Å². The Bertz CT molecular complexity index is 368. The fourth-order valence-corrected chi connectivity index (χ4v) is 1.32. The lowest BCUT2D eigenvalue weighted by molar-refractivity contribution is -0.137. The summed E-state index contributed by atoms with van der Waals surface area (Å²) in [5.74, 6) is -0.897. The topological polar surface area (TPSA) is 52.6 Å². The summed E-state index contributed by atoms with van der Waals surface area (Å²) in [7, 11) is 1.65. The summed E-state index contributed by atoms with van der Waals surface area (Å²) in [6, 6.07) is 9.79. The maximum atomic E-state index is 10.5. The van der Waals surface area contributed by atoms with Gasteiger partial charge in [0.25, 0.3) is 0 Å². The Balaban J connectivity index is 2.38. The minimum absolute atomic E-state index is 0.0966. The van der Waals surface area contributed by atoms with Gasteiger partial charge in [0.05, 0.1) is 0 Å². The maximum absolute atomic E-state index is 10.5. The van der Waals surface area contributed by atoms with Crippen LogP contribution in [0.2, 0.25) is 0 Å². The van der Waals surface area contributed by atoms with Gasteiger partial charge in [-0.15, -0.1) is 0 Å². The molecule has 4 nitrogen and oxygen atoms in total. The smallest absolute Gasteiger partial charge is 0.323 e. The number of nitrogens with zero attached hydrogens (tertiary/aromatic N) is 1. The van der Waals surface area contributed by atoms with Crippen LogP contribution in [0.1, 0.15) is 5.56 Å². The predicted molar refractivity (Wildman–Crippen MR) is 66.1 cm³/mol. The lowest BCUT2D eigenvalue weighted by atomic mass is 10.2. The molecular weight excluding hydrogens is 224 g/mol. The van der Waals surface area contributed by atoms with Crippen molar-refractivity contribution in [1.82, 2.24) is 10.2 Å². The fourth-order valence-electron chi connectivity index (χ4n) is 1.18. The van der Waals surface area contributed by atoms with Gasteiger partial charge in [-0.05, 0) is 17.8 Å². The molecule has 1 rings (SSSR count). The van der Waals surface area contributed by atoms with Crippen LogP contribution in [0.15, 0.2) is 30.3 Å². The van der Waals surface area contributed by atoms with Crippen molar-refractivity contribution in [2.24, 2.45) is 0 Å². The highest BCUT2D eigenvalue weighted by Crippen LogP contribution is 1.97. The first-order chi connectivity index (χ1) is 7.59. The molecule has 2 N–H and O–H groups in total. The third-order valence-corrected chi connectivity index (χ3v) is 2.46. The van der Waals surface area contributed by atoms with E-state index in [0.29, 0.717) is 11.7 Å². The van der Waals surface area contributed by atoms with Crippen molar-refractivity contribution in [3.8, 4) is 0 Å². The van der Waals surface area contributed by atoms with Gasteiger partial charge in [0.2, 0.25) is 0 Å². The van der Waals surface area contributed by atoms with Crippen LogP contribution >= 0.6 is 12.2 Å². The number of rotatable bonds is 4. The van der Waals surface area contributed by atoms with Gasteiger partial charge in [0.15, 0.2) is 5.11 Å². The van der Waals surface area contributed by atoms with E-state index in [-0.39, 0.29) is 6.54 Å². The highest BCUT2D eigenvalue weighted by Gasteiger charge is 2.07. The molecular formula is C11H14N2O2S. The number of nitrogens with one attached hydrogen (secondary N) is 1. The molecule has 1 aromatic carbocycles. The Morgan fingerprint density at radius 2 is 2.06 bits per heavy atom. The molecule has 16 heavy (non-hydrogen) atoms. The molecule has 5 heteroatoms. The number of thiocarbonyl (C=S) groups is 1. The van der Waals surface area contributed by atoms with Crippen LogP contribution in [-0.4, -0.2) is 34.7 Å². The average Bonchev–Trinajstić information content (AvgIpc) is 2.26. The number of likely N-dealkylation sites (N-methyl/N-ethyl adjacent to an activating group) is 1. The summed E-state index contributed by atoms with van der Waals surface area (Å²) in [6.45, 7) is 0.504. The molecule has 0 heterocycles. The molecule has 0 spiro atoms. The zero-order chi connectivity index (χ0) is 12.0. The van der Waals surface area contributed by atoms with Crippen LogP contribution in [0.25, 0.3) is 0 Å². The molecule has 0 saturated carbocycles. The molecule has 0 aliphatic heterocycles. The van der Waals surface area contributed by atoms with Crippen molar-refractivity contribution in [2.45, 2.75) is 6.54 Å². The van der Waals surface area contributed by atoms with E-state index in [2.05, 4.69) is 5.32 Å². The highest BCUT2D eigenvalue weighted by atomic mass is 32.1. The zero-order valence-corrected chi connectivity index (χ0v) is 9.83. The monoisotopic (exact) mass is 238 g/mol. The molecule has 0 atom stereocenters. The van der Waals surface area contributed by atoms with E-state index >= 15 is 0 Å². The van der Waals surface area contributed by atoms with Gasteiger partial charge in [-0.25, -0.2) is 0 Å². The van der Waals surface area contributed by atoms with Gasteiger partial charge in [-0.2, -0.15) is 0 Å². The van der Waals surface area contributed by atoms with Crippen molar-refractivity contribution in [2.75, 3.05) is 13.6 Å². The van der Waals surface area contributed by atoms with Crippen LogP contribution in [0.5, 0.6) is 0 Å². The van der Waals surface area contributed by atoms with Crippen molar-refractivity contribution in [3.05, 3.63) is 35.9 Å². The summed E-state index contributed by atoms with van der Waals surface area (Å²) in [6.07, 6.45) is 0. The van der Waals surface area contributed by atoms with Crippen molar-refractivity contribution in [1.29, 1.82) is 0 Å². The minimum Gasteiger partial charge on any atom is -0.480 e. The number of aliphatic carboxylic acids is 1. The second kappa shape index (κ2) is 6.07. The SMILES string of the molecule is CN(CC(=O)O)C(=S)NCc1ccccc1. The third-order valence-electron chi connectivity index (χ3n) is 2.01. The molecule has 86 valence electrons. The first kappa shape index (κ1) is 12.4. The summed E-state index contributed by atoms with van der Waals surface area (Å²) in [5.41, 5.74) is 1.11. The summed E-state index contributed by atoms with van der Waals surface area (Å²) in [4.78, 5) is 11.9. The molecule has 0 amide bonds. The number of hydrogen-bond acceptors (Lipinski definition) is 2. The highest BCUT2D eigenvalue weighted by molar-refractivity contribution is 7.80. The Morgan fingerprint density at radius 3 is 2.62 bits per heavy atom. The molecule has 0 aliphatic rings. The van der Waals surface area contributed by atoms with Crippen molar-refractivity contribution >= 4 is 23.3 Å². The van der Waals surface area contributed by atoms with Gasteiger partial charge in [0.1, 0.15) is 6.54 Å². The van der Waals surface area contributed by atoms with Crippen molar-refractivity contribution in [3.63, 3.8) is 0 Å². The summed E-state index contributed by atoms with van der Waals surface area (Å²) < 4.78 is 0. The van der Waals surface area contributed by atoms with E-state index in [0.717, 1.165) is 5.56 Å². The first-order valence-corrected chi connectivity index (χ1v) is 5.25. The Kier molecular flexibility index (Phi) is 4.72.